The van der Waals surface area contributed by atoms with Crippen LogP contribution in [0.5, 0.6) is 0 Å². The van der Waals surface area contributed by atoms with Crippen molar-refractivity contribution >= 4 is 5.91 Å². The average molecular weight is 648 g/mol. The van der Waals surface area contributed by atoms with Gasteiger partial charge in [-0.1, -0.05) is 205 Å². The van der Waals surface area contributed by atoms with E-state index >= 15 is 0 Å². The van der Waals surface area contributed by atoms with Crippen LogP contribution >= 0.6 is 0 Å². The van der Waals surface area contributed by atoms with Gasteiger partial charge in [-0.25, -0.2) is 0 Å². The minimum atomic E-state index is -0.856. The molecule has 1 amide bonds. The van der Waals surface area contributed by atoms with E-state index in [2.05, 4.69) is 31.3 Å². The highest BCUT2D eigenvalue weighted by Crippen LogP contribution is 2.16. The molecule has 0 spiro atoms. The first kappa shape index (κ1) is 44.9. The summed E-state index contributed by atoms with van der Waals surface area (Å²) in [6.07, 6.45) is 48.6. The van der Waals surface area contributed by atoms with Crippen molar-refractivity contribution in [2.24, 2.45) is 0 Å². The van der Waals surface area contributed by atoms with Gasteiger partial charge in [0.2, 0.25) is 5.91 Å². The number of hydrogen-bond donors (Lipinski definition) is 3. The van der Waals surface area contributed by atoms with Crippen molar-refractivity contribution in [2.75, 3.05) is 6.61 Å². The SMILES string of the molecule is CCCCCCC/C=C/CC/C=C/C(O)C(CO)NC(=O)CCCCCCCCCCCCCCCCCCCCCCCCC. The Morgan fingerprint density at radius 2 is 0.848 bits per heavy atom. The van der Waals surface area contributed by atoms with E-state index in [1.807, 2.05) is 6.08 Å². The molecule has 2 atom stereocenters. The topological polar surface area (TPSA) is 69.6 Å². The van der Waals surface area contributed by atoms with Crippen molar-refractivity contribution in [1.29, 1.82) is 0 Å². The molecular formula is C42H81NO3. The first-order chi connectivity index (χ1) is 22.7. The van der Waals surface area contributed by atoms with E-state index in [4.69, 9.17) is 0 Å². The number of hydrogen-bond acceptors (Lipinski definition) is 3. The number of allylic oxidation sites excluding steroid dienone is 3. The van der Waals surface area contributed by atoms with E-state index in [0.717, 1.165) is 32.1 Å². The van der Waals surface area contributed by atoms with E-state index in [0.29, 0.717) is 6.42 Å². The second kappa shape index (κ2) is 38.3. The second-order valence-corrected chi connectivity index (χ2v) is 14.1. The van der Waals surface area contributed by atoms with Gasteiger partial charge in [0.25, 0.3) is 0 Å². The van der Waals surface area contributed by atoms with E-state index in [1.54, 1.807) is 6.08 Å². The Hall–Kier alpha value is -1.13. The third kappa shape index (κ3) is 34.2. The largest absolute Gasteiger partial charge is 0.394 e. The molecule has 0 aromatic heterocycles. The van der Waals surface area contributed by atoms with Gasteiger partial charge in [0.15, 0.2) is 0 Å². The van der Waals surface area contributed by atoms with Crippen molar-refractivity contribution in [3.8, 4) is 0 Å². The molecule has 0 bridgehead atoms. The lowest BCUT2D eigenvalue weighted by Crippen LogP contribution is -2.45. The van der Waals surface area contributed by atoms with E-state index in [-0.39, 0.29) is 12.5 Å². The van der Waals surface area contributed by atoms with Gasteiger partial charge in [0.05, 0.1) is 18.8 Å². The Bertz CT molecular complexity index is 661. The van der Waals surface area contributed by atoms with Crippen molar-refractivity contribution in [1.82, 2.24) is 5.32 Å². The molecule has 0 aliphatic heterocycles. The zero-order chi connectivity index (χ0) is 33.6. The fourth-order valence-electron chi connectivity index (χ4n) is 6.25. The van der Waals surface area contributed by atoms with E-state index in [1.165, 1.54) is 167 Å². The predicted octanol–water partition coefficient (Wildman–Crippen LogP) is 12.5. The Morgan fingerprint density at radius 1 is 0.500 bits per heavy atom. The Balaban J connectivity index is 3.51. The Kier molecular flexibility index (Phi) is 37.4. The average Bonchev–Trinajstić information content (AvgIpc) is 3.06. The fraction of sp³-hybridized carbons (Fsp3) is 0.881. The number of rotatable bonds is 37. The van der Waals surface area contributed by atoms with Gasteiger partial charge in [-0.05, 0) is 32.1 Å². The van der Waals surface area contributed by atoms with Gasteiger partial charge in [0.1, 0.15) is 0 Å². The highest BCUT2D eigenvalue weighted by molar-refractivity contribution is 5.76. The number of unbranched alkanes of at least 4 members (excludes halogenated alkanes) is 28. The molecular weight excluding hydrogens is 566 g/mol. The summed E-state index contributed by atoms with van der Waals surface area (Å²) < 4.78 is 0. The fourth-order valence-corrected chi connectivity index (χ4v) is 6.25. The molecule has 46 heavy (non-hydrogen) atoms. The molecule has 0 saturated carbocycles. The Morgan fingerprint density at radius 3 is 1.26 bits per heavy atom. The maximum atomic E-state index is 12.3. The number of aliphatic hydroxyl groups is 2. The lowest BCUT2D eigenvalue weighted by atomic mass is 10.0. The zero-order valence-corrected chi connectivity index (χ0v) is 31.1. The molecule has 0 radical (unpaired) electrons. The van der Waals surface area contributed by atoms with Crippen LogP contribution in [0.25, 0.3) is 0 Å². The molecule has 0 aliphatic rings. The standard InChI is InChI=1S/C42H81NO3/c1-3-5-7-9-11-13-15-16-17-18-19-20-21-22-23-24-25-26-28-30-32-34-36-38-42(46)43-40(39-44)41(45)37-35-33-31-29-27-14-12-10-8-6-4-2/h27,29,35,37,40-41,44-45H,3-26,28,30-34,36,38-39H2,1-2H3,(H,43,46)/b29-27+,37-35+. The van der Waals surface area contributed by atoms with Crippen LogP contribution < -0.4 is 5.32 Å². The summed E-state index contributed by atoms with van der Waals surface area (Å²) in [7, 11) is 0. The van der Waals surface area contributed by atoms with Gasteiger partial charge in [-0.2, -0.15) is 0 Å². The molecule has 272 valence electrons. The van der Waals surface area contributed by atoms with Gasteiger partial charge in [-0.15, -0.1) is 0 Å². The van der Waals surface area contributed by atoms with Crippen LogP contribution in [0.15, 0.2) is 24.3 Å². The highest BCUT2D eigenvalue weighted by Gasteiger charge is 2.17. The van der Waals surface area contributed by atoms with E-state index < -0.39 is 12.1 Å². The van der Waals surface area contributed by atoms with Gasteiger partial charge in [0, 0.05) is 6.42 Å². The number of nitrogens with one attached hydrogen (secondary N) is 1. The minimum absolute atomic E-state index is 0.0723. The van der Waals surface area contributed by atoms with E-state index in [9.17, 15) is 15.0 Å². The van der Waals surface area contributed by atoms with Crippen molar-refractivity contribution < 1.29 is 15.0 Å². The highest BCUT2D eigenvalue weighted by atomic mass is 16.3. The summed E-state index contributed by atoms with van der Waals surface area (Å²) >= 11 is 0. The van der Waals surface area contributed by atoms with Crippen LogP contribution in [-0.4, -0.2) is 34.9 Å². The maximum absolute atomic E-state index is 12.3. The molecule has 2 unspecified atom stereocenters. The lowest BCUT2D eigenvalue weighted by Gasteiger charge is -2.19. The van der Waals surface area contributed by atoms with Crippen molar-refractivity contribution in [3.63, 3.8) is 0 Å². The summed E-state index contributed by atoms with van der Waals surface area (Å²) in [6.45, 7) is 4.28. The van der Waals surface area contributed by atoms with Crippen LogP contribution in [0.3, 0.4) is 0 Å². The summed E-state index contributed by atoms with van der Waals surface area (Å²) in [5.41, 5.74) is 0. The number of carbonyl (C=O) groups is 1. The summed E-state index contributed by atoms with van der Waals surface area (Å²) in [4.78, 5) is 12.3. The van der Waals surface area contributed by atoms with Crippen LogP contribution in [0.2, 0.25) is 0 Å². The molecule has 0 aromatic rings. The lowest BCUT2D eigenvalue weighted by molar-refractivity contribution is -0.123. The smallest absolute Gasteiger partial charge is 0.220 e. The third-order valence-corrected chi connectivity index (χ3v) is 9.44. The van der Waals surface area contributed by atoms with Gasteiger partial charge in [-0.3, -0.25) is 4.79 Å². The van der Waals surface area contributed by atoms with Gasteiger partial charge < -0.3 is 15.5 Å². The molecule has 0 heterocycles. The third-order valence-electron chi connectivity index (χ3n) is 9.44. The summed E-state index contributed by atoms with van der Waals surface area (Å²) in [6, 6.07) is -0.632. The summed E-state index contributed by atoms with van der Waals surface area (Å²) in [5, 5.41) is 22.9. The molecule has 4 nitrogen and oxygen atoms in total. The molecule has 0 rings (SSSR count). The van der Waals surface area contributed by atoms with Crippen LogP contribution in [0.1, 0.15) is 219 Å². The Labute approximate surface area is 288 Å². The van der Waals surface area contributed by atoms with Crippen LogP contribution in [0.4, 0.5) is 0 Å². The molecule has 0 fully saturated rings. The molecule has 0 aromatic carbocycles. The number of carbonyl (C=O) groups excluding carboxylic acids is 1. The van der Waals surface area contributed by atoms with Gasteiger partial charge >= 0.3 is 0 Å². The minimum Gasteiger partial charge on any atom is -0.394 e. The van der Waals surface area contributed by atoms with Crippen LogP contribution in [-0.2, 0) is 4.79 Å². The zero-order valence-electron chi connectivity index (χ0n) is 31.1. The molecule has 4 heteroatoms. The van der Waals surface area contributed by atoms with Crippen molar-refractivity contribution in [2.45, 2.75) is 231 Å². The predicted molar refractivity (Wildman–Crippen MR) is 202 cm³/mol. The normalized spacial score (nSPS) is 13.2. The monoisotopic (exact) mass is 648 g/mol. The molecule has 0 aliphatic carbocycles. The quantitative estimate of drug-likeness (QED) is 0.0464. The van der Waals surface area contributed by atoms with Crippen molar-refractivity contribution in [3.05, 3.63) is 24.3 Å². The maximum Gasteiger partial charge on any atom is 0.220 e. The van der Waals surface area contributed by atoms with Crippen LogP contribution in [0, 0.1) is 0 Å². The molecule has 0 saturated heterocycles. The number of aliphatic hydroxyl groups excluding tert-OH is 2. The summed E-state index contributed by atoms with van der Waals surface area (Å²) in [5.74, 6) is -0.0723. The second-order valence-electron chi connectivity index (χ2n) is 14.1. The first-order valence-corrected chi connectivity index (χ1v) is 20.6. The first-order valence-electron chi connectivity index (χ1n) is 20.6. The molecule has 3 N–H and O–H groups in total. The number of amides is 1.